The molecule has 0 spiro atoms. The smallest absolute Gasteiger partial charge is 0.244 e. The summed E-state index contributed by atoms with van der Waals surface area (Å²) in [4.78, 5) is 27.1. The summed E-state index contributed by atoms with van der Waals surface area (Å²) in [5.74, 6) is 0.0185. The monoisotopic (exact) mass is 241 g/mol. The van der Waals surface area contributed by atoms with Crippen LogP contribution >= 0.6 is 0 Å². The quantitative estimate of drug-likeness (QED) is 0.757. The van der Waals surface area contributed by atoms with Crippen molar-refractivity contribution in [3.8, 4) is 0 Å². The summed E-state index contributed by atoms with van der Waals surface area (Å²) in [5, 5.41) is 3.23. The topological polar surface area (TPSA) is 52.7 Å². The summed E-state index contributed by atoms with van der Waals surface area (Å²) in [6.45, 7) is 6.48. The van der Waals surface area contributed by atoms with E-state index < -0.39 is 0 Å². The van der Waals surface area contributed by atoms with Gasteiger partial charge in [0.05, 0.1) is 6.04 Å². The molecule has 0 aromatic heterocycles. The Balaban J connectivity index is 2.63. The van der Waals surface area contributed by atoms with Crippen molar-refractivity contribution in [2.45, 2.75) is 45.3 Å². The molecule has 1 heterocycles. The third-order valence-corrected chi connectivity index (χ3v) is 3.04. The third-order valence-electron chi connectivity index (χ3n) is 3.04. The SMILES string of the molecule is CC(C)NC1CCN(C(C)C(=O)N(C)C)C1=O. The molecule has 0 radical (unpaired) electrons. The van der Waals surface area contributed by atoms with Gasteiger partial charge >= 0.3 is 0 Å². The van der Waals surface area contributed by atoms with Gasteiger partial charge in [0.15, 0.2) is 0 Å². The van der Waals surface area contributed by atoms with Crippen molar-refractivity contribution in [3.63, 3.8) is 0 Å². The van der Waals surface area contributed by atoms with Gasteiger partial charge in [0.25, 0.3) is 0 Å². The Morgan fingerprint density at radius 3 is 2.47 bits per heavy atom. The molecule has 5 nitrogen and oxygen atoms in total. The van der Waals surface area contributed by atoms with E-state index in [0.29, 0.717) is 6.54 Å². The van der Waals surface area contributed by atoms with Crippen molar-refractivity contribution >= 4 is 11.8 Å². The second-order valence-corrected chi connectivity index (χ2v) is 5.10. The normalized spacial score (nSPS) is 22.1. The number of nitrogens with zero attached hydrogens (tertiary/aromatic N) is 2. The number of likely N-dealkylation sites (tertiary alicyclic amines) is 1. The molecule has 1 N–H and O–H groups in total. The van der Waals surface area contributed by atoms with Gasteiger partial charge in [0.2, 0.25) is 11.8 Å². The Hall–Kier alpha value is -1.10. The van der Waals surface area contributed by atoms with Gasteiger partial charge in [-0.1, -0.05) is 13.8 Å². The minimum atomic E-state index is -0.364. The largest absolute Gasteiger partial charge is 0.347 e. The van der Waals surface area contributed by atoms with Gasteiger partial charge in [-0.25, -0.2) is 0 Å². The predicted molar refractivity (Wildman–Crippen MR) is 66.5 cm³/mol. The van der Waals surface area contributed by atoms with Crippen LogP contribution < -0.4 is 5.32 Å². The van der Waals surface area contributed by atoms with Gasteiger partial charge < -0.3 is 15.1 Å². The fraction of sp³-hybridized carbons (Fsp3) is 0.833. The van der Waals surface area contributed by atoms with E-state index in [1.807, 2.05) is 13.8 Å². The van der Waals surface area contributed by atoms with Crippen molar-refractivity contribution in [2.24, 2.45) is 0 Å². The molecular weight excluding hydrogens is 218 g/mol. The number of amides is 2. The van der Waals surface area contributed by atoms with E-state index in [2.05, 4.69) is 5.32 Å². The number of carbonyl (C=O) groups is 2. The molecule has 17 heavy (non-hydrogen) atoms. The Labute approximate surface area is 103 Å². The minimum absolute atomic E-state index is 0.0245. The minimum Gasteiger partial charge on any atom is -0.347 e. The molecule has 0 saturated carbocycles. The molecule has 98 valence electrons. The second-order valence-electron chi connectivity index (χ2n) is 5.10. The molecule has 0 aromatic carbocycles. The van der Waals surface area contributed by atoms with Gasteiger partial charge in [0, 0.05) is 26.7 Å². The zero-order chi connectivity index (χ0) is 13.2. The maximum absolute atomic E-state index is 12.1. The second kappa shape index (κ2) is 5.49. The van der Waals surface area contributed by atoms with E-state index in [1.165, 1.54) is 4.90 Å². The van der Waals surface area contributed by atoms with Crippen molar-refractivity contribution in [2.75, 3.05) is 20.6 Å². The van der Waals surface area contributed by atoms with Crippen LogP contribution in [0.25, 0.3) is 0 Å². The molecule has 2 atom stereocenters. The summed E-state index contributed by atoms with van der Waals surface area (Å²) >= 11 is 0. The lowest BCUT2D eigenvalue weighted by Crippen LogP contribution is -2.48. The first-order valence-electron chi connectivity index (χ1n) is 6.12. The van der Waals surface area contributed by atoms with Crippen molar-refractivity contribution in [3.05, 3.63) is 0 Å². The average molecular weight is 241 g/mol. The predicted octanol–water partition coefficient (Wildman–Crippen LogP) is 0.0620. The zero-order valence-electron chi connectivity index (χ0n) is 11.4. The lowest BCUT2D eigenvalue weighted by molar-refractivity contribution is -0.141. The standard InChI is InChI=1S/C12H23N3O2/c1-8(2)13-10-6-7-15(12(10)17)9(3)11(16)14(4)5/h8-10,13H,6-7H2,1-5H3. The van der Waals surface area contributed by atoms with Crippen LogP contribution in [0.5, 0.6) is 0 Å². The maximum atomic E-state index is 12.1. The van der Waals surface area contributed by atoms with Gasteiger partial charge in [0.1, 0.15) is 6.04 Å². The number of rotatable bonds is 4. The van der Waals surface area contributed by atoms with E-state index in [1.54, 1.807) is 25.9 Å². The lowest BCUT2D eigenvalue weighted by atomic mass is 10.2. The highest BCUT2D eigenvalue weighted by atomic mass is 16.2. The number of nitrogens with one attached hydrogen (secondary N) is 1. The van der Waals surface area contributed by atoms with E-state index in [-0.39, 0.29) is 29.9 Å². The third kappa shape index (κ3) is 3.19. The summed E-state index contributed by atoms with van der Waals surface area (Å²) in [5.41, 5.74) is 0. The number of carbonyl (C=O) groups excluding carboxylic acids is 2. The average Bonchev–Trinajstić information content (AvgIpc) is 2.57. The highest BCUT2D eigenvalue weighted by Crippen LogP contribution is 2.16. The van der Waals surface area contributed by atoms with Crippen LogP contribution in [-0.2, 0) is 9.59 Å². The summed E-state index contributed by atoms with van der Waals surface area (Å²) in [7, 11) is 3.42. The van der Waals surface area contributed by atoms with Gasteiger partial charge in [-0.3, -0.25) is 9.59 Å². The van der Waals surface area contributed by atoms with Crippen molar-refractivity contribution in [1.29, 1.82) is 0 Å². The zero-order valence-corrected chi connectivity index (χ0v) is 11.4. The van der Waals surface area contributed by atoms with E-state index in [9.17, 15) is 9.59 Å². The van der Waals surface area contributed by atoms with E-state index >= 15 is 0 Å². The fourth-order valence-electron chi connectivity index (χ4n) is 2.15. The molecule has 5 heteroatoms. The molecule has 2 amide bonds. The first kappa shape index (κ1) is 14.0. The van der Waals surface area contributed by atoms with Crippen LogP contribution in [0.15, 0.2) is 0 Å². The Morgan fingerprint density at radius 2 is 2.00 bits per heavy atom. The summed E-state index contributed by atoms with van der Waals surface area (Å²) in [6, 6.07) is -0.215. The summed E-state index contributed by atoms with van der Waals surface area (Å²) in [6.07, 6.45) is 0.780. The van der Waals surface area contributed by atoms with Gasteiger partial charge in [-0.05, 0) is 13.3 Å². The Morgan fingerprint density at radius 1 is 1.41 bits per heavy atom. The number of hydrogen-bond acceptors (Lipinski definition) is 3. The Bertz CT molecular complexity index is 302. The molecule has 1 saturated heterocycles. The van der Waals surface area contributed by atoms with Crippen LogP contribution in [0.3, 0.4) is 0 Å². The van der Waals surface area contributed by atoms with Crippen LogP contribution in [-0.4, -0.2) is 60.4 Å². The summed E-state index contributed by atoms with van der Waals surface area (Å²) < 4.78 is 0. The van der Waals surface area contributed by atoms with E-state index in [4.69, 9.17) is 0 Å². The van der Waals surface area contributed by atoms with Gasteiger partial charge in [-0.2, -0.15) is 0 Å². The first-order valence-corrected chi connectivity index (χ1v) is 6.12. The molecule has 0 aromatic rings. The molecule has 0 bridgehead atoms. The van der Waals surface area contributed by atoms with Crippen LogP contribution in [0.4, 0.5) is 0 Å². The molecule has 1 rings (SSSR count). The first-order chi connectivity index (χ1) is 7.84. The number of hydrogen-bond donors (Lipinski definition) is 1. The molecule has 0 aliphatic carbocycles. The van der Waals surface area contributed by atoms with Crippen LogP contribution in [0.1, 0.15) is 27.2 Å². The van der Waals surface area contributed by atoms with Crippen molar-refractivity contribution < 1.29 is 9.59 Å². The van der Waals surface area contributed by atoms with E-state index in [0.717, 1.165) is 6.42 Å². The highest BCUT2D eigenvalue weighted by Gasteiger charge is 2.37. The number of likely N-dealkylation sites (N-methyl/N-ethyl adjacent to an activating group) is 1. The Kier molecular flexibility index (Phi) is 4.51. The van der Waals surface area contributed by atoms with Crippen LogP contribution in [0.2, 0.25) is 0 Å². The van der Waals surface area contributed by atoms with Crippen LogP contribution in [0, 0.1) is 0 Å². The lowest BCUT2D eigenvalue weighted by Gasteiger charge is -2.26. The molecule has 1 aliphatic heterocycles. The molecular formula is C12H23N3O2. The highest BCUT2D eigenvalue weighted by molar-refractivity contribution is 5.90. The van der Waals surface area contributed by atoms with Gasteiger partial charge in [-0.15, -0.1) is 0 Å². The molecule has 1 fully saturated rings. The van der Waals surface area contributed by atoms with Crippen molar-refractivity contribution in [1.82, 2.24) is 15.1 Å². The fourth-order valence-corrected chi connectivity index (χ4v) is 2.15. The molecule has 1 aliphatic rings. The molecule has 2 unspecified atom stereocenters. The maximum Gasteiger partial charge on any atom is 0.244 e.